The van der Waals surface area contributed by atoms with Gasteiger partial charge in [-0.2, -0.15) is 4.90 Å². The number of benzene rings is 1. The third kappa shape index (κ3) is 6.01. The second-order valence-electron chi connectivity index (χ2n) is 8.93. The van der Waals surface area contributed by atoms with Crippen LogP contribution in [0.15, 0.2) is 29.0 Å². The van der Waals surface area contributed by atoms with E-state index in [1.54, 1.807) is 47.7 Å². The maximum atomic E-state index is 12.9. The van der Waals surface area contributed by atoms with Crippen LogP contribution in [0.3, 0.4) is 0 Å². The molecule has 0 aliphatic heterocycles. The highest BCUT2D eigenvalue weighted by atomic mass is 79.9. The van der Waals surface area contributed by atoms with Crippen LogP contribution >= 0.6 is 15.9 Å². The van der Waals surface area contributed by atoms with Gasteiger partial charge in [0, 0.05) is 5.56 Å². The van der Waals surface area contributed by atoms with Crippen molar-refractivity contribution in [3.05, 3.63) is 40.1 Å². The van der Waals surface area contributed by atoms with Gasteiger partial charge in [0.25, 0.3) is 0 Å². The number of carbonyl (C=O) groups excluding carboxylic acids is 2. The number of nitrogens with zero attached hydrogens (tertiary/aromatic N) is 3. The third-order valence-electron chi connectivity index (χ3n) is 3.81. The van der Waals surface area contributed by atoms with Gasteiger partial charge in [0.15, 0.2) is 5.82 Å². The maximum absolute atomic E-state index is 12.9. The lowest BCUT2D eigenvalue weighted by Gasteiger charge is -2.28. The molecule has 0 bridgehead atoms. The summed E-state index contributed by atoms with van der Waals surface area (Å²) in [5.74, 6) is -0.00125. The molecule has 0 aliphatic carbocycles. The molecule has 0 spiro atoms. The van der Waals surface area contributed by atoms with Crippen molar-refractivity contribution in [3.8, 4) is 11.3 Å². The van der Waals surface area contributed by atoms with E-state index in [-0.39, 0.29) is 10.4 Å². The Kier molecular flexibility index (Phi) is 6.91. The van der Waals surface area contributed by atoms with Crippen LogP contribution < -0.4 is 4.90 Å². The number of aryl methyl sites for hydroxylation is 2. The fourth-order valence-electron chi connectivity index (χ4n) is 2.71. The van der Waals surface area contributed by atoms with E-state index >= 15 is 0 Å². The van der Waals surface area contributed by atoms with E-state index in [2.05, 4.69) is 25.9 Å². The Bertz CT molecular complexity index is 914. The SMILES string of the molecule is Cc1cccc(C)c1-c1cnc(Br)c(N(C(=O)OC(C)(C)C)C(=O)OC(C)(C)C)n1. The normalized spacial score (nSPS) is 11.8. The molecule has 0 aliphatic rings. The number of amides is 2. The lowest BCUT2D eigenvalue weighted by Crippen LogP contribution is -2.44. The van der Waals surface area contributed by atoms with Gasteiger partial charge in [-0.25, -0.2) is 19.6 Å². The lowest BCUT2D eigenvalue weighted by molar-refractivity contribution is 0.0428. The van der Waals surface area contributed by atoms with Gasteiger partial charge in [0.1, 0.15) is 15.8 Å². The summed E-state index contributed by atoms with van der Waals surface area (Å²) in [7, 11) is 0. The van der Waals surface area contributed by atoms with Crippen molar-refractivity contribution in [3.63, 3.8) is 0 Å². The van der Waals surface area contributed by atoms with Crippen molar-refractivity contribution in [2.24, 2.45) is 0 Å². The molecule has 0 saturated carbocycles. The first kappa shape index (κ1) is 23.8. The molecule has 0 N–H and O–H groups in total. The first-order valence-corrected chi connectivity index (χ1v) is 10.3. The predicted octanol–water partition coefficient (Wildman–Crippen LogP) is 6.20. The lowest BCUT2D eigenvalue weighted by atomic mass is 10.0. The molecule has 1 aromatic carbocycles. The number of aromatic nitrogens is 2. The quantitative estimate of drug-likeness (QED) is 0.511. The molecule has 8 heteroatoms. The molecule has 1 aromatic heterocycles. The highest BCUT2D eigenvalue weighted by Crippen LogP contribution is 2.31. The van der Waals surface area contributed by atoms with Gasteiger partial charge in [-0.1, -0.05) is 18.2 Å². The van der Waals surface area contributed by atoms with Crippen molar-refractivity contribution >= 4 is 33.9 Å². The number of carbonyl (C=O) groups is 2. The summed E-state index contributed by atoms with van der Waals surface area (Å²) in [4.78, 5) is 35.5. The number of rotatable bonds is 2. The van der Waals surface area contributed by atoms with Crippen molar-refractivity contribution < 1.29 is 19.1 Å². The van der Waals surface area contributed by atoms with Crippen LogP contribution in [0.4, 0.5) is 15.4 Å². The monoisotopic (exact) mass is 477 g/mol. The Labute approximate surface area is 185 Å². The fraction of sp³-hybridized carbons (Fsp3) is 0.455. The van der Waals surface area contributed by atoms with E-state index in [1.807, 2.05) is 32.0 Å². The summed E-state index contributed by atoms with van der Waals surface area (Å²) in [5, 5.41) is 0. The Morgan fingerprint density at radius 2 is 1.40 bits per heavy atom. The van der Waals surface area contributed by atoms with Gasteiger partial charge in [0.2, 0.25) is 0 Å². The largest absolute Gasteiger partial charge is 0.443 e. The fourth-order valence-corrected chi connectivity index (χ4v) is 3.08. The second-order valence-corrected chi connectivity index (χ2v) is 9.68. The topological polar surface area (TPSA) is 81.6 Å². The molecule has 7 nitrogen and oxygen atoms in total. The summed E-state index contributed by atoms with van der Waals surface area (Å²) in [6.07, 6.45) is -0.207. The molecule has 2 amide bonds. The smallest absolute Gasteiger partial charge is 0.425 e. The average molecular weight is 478 g/mol. The zero-order valence-corrected chi connectivity index (χ0v) is 20.2. The highest BCUT2D eigenvalue weighted by molar-refractivity contribution is 9.10. The number of ether oxygens (including phenoxy) is 2. The van der Waals surface area contributed by atoms with Gasteiger partial charge < -0.3 is 9.47 Å². The minimum Gasteiger partial charge on any atom is -0.443 e. The van der Waals surface area contributed by atoms with Gasteiger partial charge >= 0.3 is 12.2 Å². The average Bonchev–Trinajstić information content (AvgIpc) is 2.54. The van der Waals surface area contributed by atoms with Crippen LogP contribution in [0, 0.1) is 13.8 Å². The van der Waals surface area contributed by atoms with Crippen LogP contribution in [0.5, 0.6) is 0 Å². The van der Waals surface area contributed by atoms with Crippen LogP contribution in [-0.4, -0.2) is 33.4 Å². The first-order chi connectivity index (χ1) is 13.7. The molecule has 30 heavy (non-hydrogen) atoms. The van der Waals surface area contributed by atoms with E-state index in [1.165, 1.54) is 0 Å². The summed E-state index contributed by atoms with van der Waals surface area (Å²) >= 11 is 3.31. The summed E-state index contributed by atoms with van der Waals surface area (Å²) in [5.41, 5.74) is 1.77. The van der Waals surface area contributed by atoms with E-state index in [4.69, 9.17) is 9.47 Å². The number of imide groups is 1. The minimum absolute atomic E-state index is 0.00125. The maximum Gasteiger partial charge on any atom is 0.425 e. The number of hydrogen-bond donors (Lipinski definition) is 0. The minimum atomic E-state index is -0.898. The van der Waals surface area contributed by atoms with Crippen LogP contribution in [0.2, 0.25) is 0 Å². The molecule has 0 saturated heterocycles. The van der Waals surface area contributed by atoms with E-state index in [0.717, 1.165) is 21.6 Å². The molecule has 162 valence electrons. The van der Waals surface area contributed by atoms with E-state index in [0.29, 0.717) is 5.69 Å². The third-order valence-corrected chi connectivity index (χ3v) is 4.37. The Morgan fingerprint density at radius 3 is 1.83 bits per heavy atom. The zero-order chi connectivity index (χ0) is 22.9. The Morgan fingerprint density at radius 1 is 0.933 bits per heavy atom. The van der Waals surface area contributed by atoms with Gasteiger partial charge in [0.05, 0.1) is 11.9 Å². The van der Waals surface area contributed by atoms with Gasteiger partial charge in [-0.05, 0) is 82.4 Å². The summed E-state index contributed by atoms with van der Waals surface area (Å²) < 4.78 is 11.1. The Hall–Kier alpha value is -2.48. The molecule has 2 rings (SSSR count). The number of hydrogen-bond acceptors (Lipinski definition) is 6. The van der Waals surface area contributed by atoms with Crippen molar-refractivity contribution in [1.29, 1.82) is 0 Å². The molecule has 0 fully saturated rings. The van der Waals surface area contributed by atoms with Crippen LogP contribution in [-0.2, 0) is 9.47 Å². The molecule has 2 aromatic rings. The Balaban J connectivity index is 2.62. The summed E-state index contributed by atoms with van der Waals surface area (Å²) in [6, 6.07) is 5.88. The van der Waals surface area contributed by atoms with Gasteiger partial charge in [-0.15, -0.1) is 0 Å². The zero-order valence-electron chi connectivity index (χ0n) is 18.7. The van der Waals surface area contributed by atoms with E-state index < -0.39 is 23.4 Å². The second kappa shape index (κ2) is 8.71. The molecule has 0 atom stereocenters. The molecule has 0 radical (unpaired) electrons. The highest BCUT2D eigenvalue weighted by Gasteiger charge is 2.35. The van der Waals surface area contributed by atoms with Crippen molar-refractivity contribution in [2.75, 3.05) is 4.90 Å². The predicted molar refractivity (Wildman–Crippen MR) is 120 cm³/mol. The molecular weight excluding hydrogens is 450 g/mol. The summed E-state index contributed by atoms with van der Waals surface area (Å²) in [6.45, 7) is 14.2. The first-order valence-electron chi connectivity index (χ1n) is 9.55. The van der Waals surface area contributed by atoms with Gasteiger partial charge in [-0.3, -0.25) is 0 Å². The number of anilines is 1. The molecule has 0 unspecified atom stereocenters. The molecule has 1 heterocycles. The van der Waals surface area contributed by atoms with Crippen molar-refractivity contribution in [1.82, 2.24) is 9.97 Å². The van der Waals surface area contributed by atoms with Crippen LogP contribution in [0.1, 0.15) is 52.7 Å². The standard InChI is InChI=1S/C22H28BrN3O4/c1-13-10-9-11-14(2)16(13)15-12-24-17(23)18(25-15)26(19(27)29-21(3,4)5)20(28)30-22(6,7)8/h9-12H,1-8H3. The van der Waals surface area contributed by atoms with Crippen molar-refractivity contribution in [2.45, 2.75) is 66.6 Å². The van der Waals surface area contributed by atoms with E-state index in [9.17, 15) is 9.59 Å². The molecular formula is C22H28BrN3O4. The number of halogens is 1. The van der Waals surface area contributed by atoms with Crippen LogP contribution in [0.25, 0.3) is 11.3 Å².